The Morgan fingerprint density at radius 3 is 2.39 bits per heavy atom. The van der Waals surface area contributed by atoms with E-state index >= 15 is 0 Å². The standard InChI is InChI=1S/C21H26FN3O3/c1-25-13-10-20(11-14-25)28-19-8-4-17(5-9-19)24-21(26)23-12-15-27-18-6-2-16(22)3-7-18/h2-9,20H,10-15H2,1H3,(H2,23,24,26). The van der Waals surface area contributed by atoms with Crippen LogP contribution < -0.4 is 20.1 Å². The molecule has 0 atom stereocenters. The van der Waals surface area contributed by atoms with E-state index in [0.717, 1.165) is 31.7 Å². The zero-order chi connectivity index (χ0) is 19.8. The molecule has 0 spiro atoms. The van der Waals surface area contributed by atoms with Gasteiger partial charge in [0.15, 0.2) is 0 Å². The molecular formula is C21H26FN3O3. The molecule has 2 aromatic rings. The van der Waals surface area contributed by atoms with Crippen molar-refractivity contribution in [2.45, 2.75) is 18.9 Å². The van der Waals surface area contributed by atoms with Gasteiger partial charge >= 0.3 is 6.03 Å². The van der Waals surface area contributed by atoms with E-state index in [1.54, 1.807) is 12.1 Å². The number of hydrogen-bond acceptors (Lipinski definition) is 4. The zero-order valence-corrected chi connectivity index (χ0v) is 16.0. The molecule has 0 bridgehead atoms. The van der Waals surface area contributed by atoms with Crippen molar-refractivity contribution in [3.05, 3.63) is 54.3 Å². The number of carbonyl (C=O) groups is 1. The summed E-state index contributed by atoms with van der Waals surface area (Å²) < 4.78 is 24.2. The third kappa shape index (κ3) is 6.42. The molecule has 2 aromatic carbocycles. The van der Waals surface area contributed by atoms with E-state index in [-0.39, 0.29) is 18.0 Å². The second kappa shape index (κ2) is 9.94. The van der Waals surface area contributed by atoms with Gasteiger partial charge in [-0.15, -0.1) is 0 Å². The SMILES string of the molecule is CN1CCC(Oc2ccc(NC(=O)NCCOc3ccc(F)cc3)cc2)CC1. The minimum atomic E-state index is -0.313. The fraction of sp³-hybridized carbons (Fsp3) is 0.381. The van der Waals surface area contributed by atoms with Crippen molar-refractivity contribution in [2.75, 3.05) is 38.6 Å². The van der Waals surface area contributed by atoms with E-state index in [1.165, 1.54) is 12.1 Å². The molecule has 28 heavy (non-hydrogen) atoms. The predicted octanol–water partition coefficient (Wildman–Crippen LogP) is 3.50. The number of urea groups is 1. The lowest BCUT2D eigenvalue weighted by atomic mass is 10.1. The molecule has 2 amide bonds. The Bertz CT molecular complexity index is 744. The van der Waals surface area contributed by atoms with E-state index in [1.807, 2.05) is 24.3 Å². The van der Waals surface area contributed by atoms with Crippen molar-refractivity contribution >= 4 is 11.7 Å². The van der Waals surface area contributed by atoms with Gasteiger partial charge in [-0.3, -0.25) is 0 Å². The minimum Gasteiger partial charge on any atom is -0.492 e. The van der Waals surface area contributed by atoms with Crippen molar-refractivity contribution in [2.24, 2.45) is 0 Å². The van der Waals surface area contributed by atoms with Crippen molar-refractivity contribution in [1.82, 2.24) is 10.2 Å². The van der Waals surface area contributed by atoms with Crippen LogP contribution in [0.5, 0.6) is 11.5 Å². The second-order valence-electron chi connectivity index (χ2n) is 6.83. The molecule has 1 heterocycles. The molecule has 150 valence electrons. The first-order chi connectivity index (χ1) is 13.6. The Morgan fingerprint density at radius 1 is 1.07 bits per heavy atom. The van der Waals surface area contributed by atoms with Gasteiger partial charge in [0.1, 0.15) is 30.0 Å². The number of halogens is 1. The summed E-state index contributed by atoms with van der Waals surface area (Å²) >= 11 is 0. The molecule has 3 rings (SSSR count). The van der Waals surface area contributed by atoms with Crippen LogP contribution in [0.2, 0.25) is 0 Å². The fourth-order valence-electron chi connectivity index (χ4n) is 2.95. The first kappa shape index (κ1) is 19.9. The summed E-state index contributed by atoms with van der Waals surface area (Å²) in [6.45, 7) is 2.73. The summed E-state index contributed by atoms with van der Waals surface area (Å²) in [5.41, 5.74) is 0.688. The molecule has 0 saturated carbocycles. The zero-order valence-electron chi connectivity index (χ0n) is 16.0. The van der Waals surface area contributed by atoms with Crippen LogP contribution in [0.3, 0.4) is 0 Å². The Balaban J connectivity index is 1.35. The molecule has 0 aliphatic carbocycles. The molecule has 1 aliphatic rings. The molecule has 2 N–H and O–H groups in total. The van der Waals surface area contributed by atoms with E-state index in [4.69, 9.17) is 9.47 Å². The summed E-state index contributed by atoms with van der Waals surface area (Å²) in [5, 5.41) is 5.48. The summed E-state index contributed by atoms with van der Waals surface area (Å²) in [6, 6.07) is 12.8. The Kier molecular flexibility index (Phi) is 7.08. The molecule has 1 saturated heterocycles. The number of piperidine rings is 1. The number of rotatable bonds is 7. The highest BCUT2D eigenvalue weighted by molar-refractivity contribution is 5.89. The number of ether oxygens (including phenoxy) is 2. The van der Waals surface area contributed by atoms with Gasteiger partial charge in [-0.2, -0.15) is 0 Å². The maximum absolute atomic E-state index is 12.8. The van der Waals surface area contributed by atoms with Crippen LogP contribution in [0.4, 0.5) is 14.9 Å². The lowest BCUT2D eigenvalue weighted by molar-refractivity contribution is 0.114. The first-order valence-corrected chi connectivity index (χ1v) is 9.47. The number of carbonyl (C=O) groups excluding carboxylic acids is 1. The smallest absolute Gasteiger partial charge is 0.319 e. The topological polar surface area (TPSA) is 62.8 Å². The van der Waals surface area contributed by atoms with Gasteiger partial charge in [-0.05, 0) is 68.4 Å². The fourth-order valence-corrected chi connectivity index (χ4v) is 2.95. The minimum absolute atomic E-state index is 0.249. The number of benzene rings is 2. The van der Waals surface area contributed by atoms with Gasteiger partial charge in [-0.25, -0.2) is 9.18 Å². The largest absolute Gasteiger partial charge is 0.492 e. The predicted molar refractivity (Wildman–Crippen MR) is 107 cm³/mol. The van der Waals surface area contributed by atoms with Crippen LogP contribution in [-0.2, 0) is 0 Å². The molecule has 0 radical (unpaired) electrons. The van der Waals surface area contributed by atoms with Gasteiger partial charge in [0.05, 0.1) is 6.54 Å². The van der Waals surface area contributed by atoms with Gasteiger partial charge < -0.3 is 25.0 Å². The van der Waals surface area contributed by atoms with Gasteiger partial charge in [0.2, 0.25) is 0 Å². The highest BCUT2D eigenvalue weighted by Gasteiger charge is 2.17. The maximum Gasteiger partial charge on any atom is 0.319 e. The molecule has 0 aromatic heterocycles. The normalized spacial score (nSPS) is 15.1. The van der Waals surface area contributed by atoms with Crippen LogP contribution in [0.1, 0.15) is 12.8 Å². The Labute approximate surface area is 164 Å². The number of anilines is 1. The van der Waals surface area contributed by atoms with Gasteiger partial charge in [0, 0.05) is 18.8 Å². The third-order valence-corrected chi connectivity index (χ3v) is 4.55. The molecule has 7 heteroatoms. The number of hydrogen-bond donors (Lipinski definition) is 2. The molecular weight excluding hydrogens is 361 g/mol. The van der Waals surface area contributed by atoms with Crippen molar-refractivity contribution in [1.29, 1.82) is 0 Å². The van der Waals surface area contributed by atoms with Crippen LogP contribution in [0.15, 0.2) is 48.5 Å². The molecule has 0 unspecified atom stereocenters. The molecule has 6 nitrogen and oxygen atoms in total. The van der Waals surface area contributed by atoms with Crippen LogP contribution in [0, 0.1) is 5.82 Å². The summed E-state index contributed by atoms with van der Waals surface area (Å²) in [4.78, 5) is 14.2. The number of nitrogens with one attached hydrogen (secondary N) is 2. The van der Waals surface area contributed by atoms with E-state index in [2.05, 4.69) is 22.6 Å². The first-order valence-electron chi connectivity index (χ1n) is 9.47. The highest BCUT2D eigenvalue weighted by Crippen LogP contribution is 2.20. The lowest BCUT2D eigenvalue weighted by Crippen LogP contribution is -2.35. The Hall–Kier alpha value is -2.80. The van der Waals surface area contributed by atoms with Crippen molar-refractivity contribution in [3.8, 4) is 11.5 Å². The summed E-state index contributed by atoms with van der Waals surface area (Å²) in [6.07, 6.45) is 2.30. The van der Waals surface area contributed by atoms with E-state index in [9.17, 15) is 9.18 Å². The molecule has 1 fully saturated rings. The number of nitrogens with zero attached hydrogens (tertiary/aromatic N) is 1. The van der Waals surface area contributed by atoms with Crippen molar-refractivity contribution < 1.29 is 18.7 Å². The quantitative estimate of drug-likeness (QED) is 0.714. The number of amides is 2. The van der Waals surface area contributed by atoms with E-state index < -0.39 is 0 Å². The number of likely N-dealkylation sites (tertiary alicyclic amines) is 1. The van der Waals surface area contributed by atoms with Crippen molar-refractivity contribution in [3.63, 3.8) is 0 Å². The third-order valence-electron chi connectivity index (χ3n) is 4.55. The molecule has 1 aliphatic heterocycles. The lowest BCUT2D eigenvalue weighted by Gasteiger charge is -2.29. The van der Waals surface area contributed by atoms with Gasteiger partial charge in [0.25, 0.3) is 0 Å². The van der Waals surface area contributed by atoms with Crippen LogP contribution in [0.25, 0.3) is 0 Å². The van der Waals surface area contributed by atoms with E-state index in [0.29, 0.717) is 24.6 Å². The summed E-state index contributed by atoms with van der Waals surface area (Å²) in [7, 11) is 2.12. The monoisotopic (exact) mass is 387 g/mol. The van der Waals surface area contributed by atoms with Crippen LogP contribution in [-0.4, -0.2) is 50.3 Å². The average molecular weight is 387 g/mol. The maximum atomic E-state index is 12.8. The second-order valence-corrected chi connectivity index (χ2v) is 6.83. The highest BCUT2D eigenvalue weighted by atomic mass is 19.1. The average Bonchev–Trinajstić information content (AvgIpc) is 2.70. The summed E-state index contributed by atoms with van der Waals surface area (Å²) in [5.74, 6) is 1.06. The van der Waals surface area contributed by atoms with Crippen LogP contribution >= 0.6 is 0 Å². The Morgan fingerprint density at radius 2 is 1.71 bits per heavy atom. The van der Waals surface area contributed by atoms with Gasteiger partial charge in [-0.1, -0.05) is 0 Å².